The summed E-state index contributed by atoms with van der Waals surface area (Å²) in [7, 11) is -3.95. The number of aryl methyl sites for hydroxylation is 1. The number of hydrogen-bond donors (Lipinski definition) is 0. The molecule has 0 amide bonds. The van der Waals surface area contributed by atoms with E-state index in [-0.39, 0.29) is 29.7 Å². The maximum Gasteiger partial charge on any atom is 0.333 e. The maximum absolute atomic E-state index is 14.0. The molecule has 0 unspecified atom stereocenters. The number of esters is 2. The summed E-state index contributed by atoms with van der Waals surface area (Å²) >= 11 is 0. The molecule has 0 aromatic heterocycles. The molecule has 228 valence electrons. The first kappa shape index (κ1) is 33.1. The first-order valence-electron chi connectivity index (χ1n) is 15.1. The van der Waals surface area contributed by atoms with Crippen molar-refractivity contribution >= 4 is 21.8 Å². The van der Waals surface area contributed by atoms with Crippen LogP contribution < -0.4 is 0 Å². The van der Waals surface area contributed by atoms with E-state index in [1.165, 1.54) is 0 Å². The van der Waals surface area contributed by atoms with Crippen molar-refractivity contribution in [2.75, 3.05) is 0 Å². The second kappa shape index (κ2) is 12.1. The molecule has 2 aliphatic carbocycles. The van der Waals surface area contributed by atoms with Crippen LogP contribution in [-0.2, 0) is 28.9 Å². The summed E-state index contributed by atoms with van der Waals surface area (Å²) in [5, 5.41) is 0. The predicted molar refractivity (Wildman–Crippen MR) is 160 cm³/mol. The molecule has 0 N–H and O–H groups in total. The first-order chi connectivity index (χ1) is 18.9. The summed E-state index contributed by atoms with van der Waals surface area (Å²) in [6.07, 6.45) is 7.20. The highest BCUT2D eigenvalue weighted by Crippen LogP contribution is 2.53. The van der Waals surface area contributed by atoms with Crippen LogP contribution in [0.5, 0.6) is 0 Å². The van der Waals surface area contributed by atoms with Gasteiger partial charge in [0.05, 0.1) is 15.7 Å². The van der Waals surface area contributed by atoms with Crippen LogP contribution in [-0.4, -0.2) is 36.4 Å². The second-order valence-corrected chi connectivity index (χ2v) is 16.6. The van der Waals surface area contributed by atoms with Gasteiger partial charge in [-0.05, 0) is 112 Å². The Bertz CT molecular complexity index is 1180. The van der Waals surface area contributed by atoms with Gasteiger partial charge in [0.15, 0.2) is 0 Å². The van der Waals surface area contributed by atoms with Crippen LogP contribution in [0.1, 0.15) is 124 Å². The minimum Gasteiger partial charge on any atom is -0.460 e. The summed E-state index contributed by atoms with van der Waals surface area (Å²) in [5.41, 5.74) is -1.08. The molecule has 0 atom stereocenters. The Morgan fingerprint density at radius 2 is 1.17 bits per heavy atom. The average molecular weight is 588 g/mol. The number of sulfone groups is 1. The molecule has 3 rings (SSSR count). The van der Waals surface area contributed by atoms with Gasteiger partial charge < -0.3 is 9.47 Å². The van der Waals surface area contributed by atoms with Gasteiger partial charge in [0, 0.05) is 12.8 Å². The second-order valence-electron chi connectivity index (χ2n) is 14.4. The van der Waals surface area contributed by atoms with Gasteiger partial charge >= 0.3 is 16.8 Å². The lowest BCUT2D eigenvalue weighted by Crippen LogP contribution is -2.36. The topological polar surface area (TPSA) is 91.1 Å². The molecule has 0 bridgehead atoms. The number of nitrogens with zero attached hydrogens (tertiary/aromatic N) is 1. The number of carbonyl (C=O) groups is 2. The van der Waals surface area contributed by atoms with Crippen LogP contribution in [0.15, 0.2) is 29.2 Å². The van der Waals surface area contributed by atoms with Crippen LogP contribution in [0, 0.1) is 24.3 Å². The van der Waals surface area contributed by atoms with Crippen molar-refractivity contribution in [3.8, 4) is 0 Å². The Kier molecular flexibility index (Phi) is 9.75. The highest BCUT2D eigenvalue weighted by Gasteiger charge is 2.54. The van der Waals surface area contributed by atoms with Gasteiger partial charge in [-0.3, -0.25) is 14.4 Å². The third-order valence-corrected chi connectivity index (χ3v) is 10.7. The number of rotatable bonds is 14. The first-order valence-corrected chi connectivity index (χ1v) is 16.5. The fourth-order valence-corrected chi connectivity index (χ4v) is 7.30. The van der Waals surface area contributed by atoms with Crippen molar-refractivity contribution in [2.45, 2.75) is 146 Å². The molecule has 2 aliphatic rings. The largest absolute Gasteiger partial charge is 0.460 e. The van der Waals surface area contributed by atoms with Crippen LogP contribution >= 0.6 is 0 Å². The van der Waals surface area contributed by atoms with Gasteiger partial charge in [0.2, 0.25) is 0 Å². The molecule has 0 aliphatic heterocycles. The number of carbonyl (C=O) groups excluding carboxylic acids is 2. The molecule has 41 heavy (non-hydrogen) atoms. The number of ether oxygens (including phenoxy) is 2. The van der Waals surface area contributed by atoms with E-state index >= 15 is 0 Å². The van der Waals surface area contributed by atoms with E-state index < -0.39 is 36.7 Å². The van der Waals surface area contributed by atoms with Crippen LogP contribution in [0.2, 0.25) is 0 Å². The molecular formula is C33H49NO6S. The lowest BCUT2D eigenvalue weighted by Gasteiger charge is -2.25. The molecule has 0 spiro atoms. The van der Waals surface area contributed by atoms with E-state index in [1.54, 1.807) is 24.3 Å². The molecular weight excluding hydrogens is 538 g/mol. The zero-order chi connectivity index (χ0) is 30.7. The Balaban J connectivity index is 1.69. The highest BCUT2D eigenvalue weighted by molar-refractivity contribution is 7.93. The fourth-order valence-electron chi connectivity index (χ4n) is 5.42. The van der Waals surface area contributed by atoms with E-state index in [0.717, 1.165) is 31.2 Å². The molecule has 1 aromatic carbocycles. The van der Waals surface area contributed by atoms with Gasteiger partial charge in [0.25, 0.3) is 9.84 Å². The summed E-state index contributed by atoms with van der Waals surface area (Å²) < 4.78 is 39.2. The number of hydrogen-bond acceptors (Lipinski definition) is 6. The van der Waals surface area contributed by atoms with E-state index in [0.29, 0.717) is 38.5 Å². The quantitative estimate of drug-likeness (QED) is 0.126. The smallest absolute Gasteiger partial charge is 0.333 e. The molecule has 0 heterocycles. The minimum absolute atomic E-state index is 0.166. The van der Waals surface area contributed by atoms with Crippen molar-refractivity contribution in [1.82, 2.24) is 0 Å². The van der Waals surface area contributed by atoms with Crippen LogP contribution in [0.25, 0.3) is 4.85 Å². The SMILES string of the molecule is [C-]#[N+]C(CCCCC1(C(=O)OC(C)(C)C)CC1)(CCCCC1(C(=O)OC(C)(C)C)CC1)S(=O)(=O)c1ccc(C)cc1. The molecule has 8 heteroatoms. The van der Waals surface area contributed by atoms with Gasteiger partial charge in [-0.15, -0.1) is 0 Å². The zero-order valence-corrected chi connectivity index (χ0v) is 26.9. The maximum atomic E-state index is 14.0. The van der Waals surface area contributed by atoms with E-state index in [9.17, 15) is 18.0 Å². The van der Waals surface area contributed by atoms with Gasteiger partial charge in [-0.2, -0.15) is 0 Å². The minimum atomic E-state index is -3.95. The molecule has 1 aromatic rings. The Morgan fingerprint density at radius 3 is 1.49 bits per heavy atom. The summed E-state index contributed by atoms with van der Waals surface area (Å²) in [5.74, 6) is -0.347. The standard InChI is InChI=1S/C33H49NO6S/c1-25-13-15-26(16-14-25)41(37,38)33(34-8,19-11-9-17-31(21-22-31)27(35)39-29(2,3)4)20-12-10-18-32(23-24-32)28(36)40-30(5,6)7/h13-16H,9-12,17-24H2,1-7H3. The van der Waals surface area contributed by atoms with Gasteiger partial charge in [0.1, 0.15) is 11.2 Å². The number of benzene rings is 1. The van der Waals surface area contributed by atoms with Crippen molar-refractivity contribution in [2.24, 2.45) is 10.8 Å². The van der Waals surface area contributed by atoms with Gasteiger partial charge in [-0.25, -0.2) is 15.0 Å². The van der Waals surface area contributed by atoms with E-state index in [2.05, 4.69) is 4.85 Å². The summed E-state index contributed by atoms with van der Waals surface area (Å²) in [6.45, 7) is 21.2. The highest BCUT2D eigenvalue weighted by atomic mass is 32.2. The summed E-state index contributed by atoms with van der Waals surface area (Å²) in [6, 6.07) is 6.70. The fraction of sp³-hybridized carbons (Fsp3) is 0.727. The van der Waals surface area contributed by atoms with Crippen molar-refractivity contribution in [1.29, 1.82) is 0 Å². The molecule has 0 saturated heterocycles. The average Bonchev–Trinajstić information content (AvgIpc) is 3.77. The third kappa shape index (κ3) is 8.34. The molecule has 2 saturated carbocycles. The van der Waals surface area contributed by atoms with Crippen molar-refractivity contribution in [3.05, 3.63) is 41.2 Å². The lowest BCUT2D eigenvalue weighted by atomic mass is 9.94. The summed E-state index contributed by atoms with van der Waals surface area (Å²) in [4.78, 5) is 27.9. The van der Waals surface area contributed by atoms with Crippen LogP contribution in [0.4, 0.5) is 0 Å². The molecule has 7 nitrogen and oxygen atoms in total. The normalized spacial score (nSPS) is 17.8. The van der Waals surface area contributed by atoms with Crippen molar-refractivity contribution < 1.29 is 27.5 Å². The third-order valence-electron chi connectivity index (χ3n) is 8.35. The van der Waals surface area contributed by atoms with Crippen LogP contribution in [0.3, 0.4) is 0 Å². The predicted octanol–water partition coefficient (Wildman–Crippen LogP) is 7.75. The van der Waals surface area contributed by atoms with E-state index in [1.807, 2.05) is 48.5 Å². The number of unbranched alkanes of at least 4 members (excludes halogenated alkanes) is 2. The lowest BCUT2D eigenvalue weighted by molar-refractivity contribution is -0.163. The Morgan fingerprint density at radius 1 is 0.780 bits per heavy atom. The Labute approximate surface area is 247 Å². The zero-order valence-electron chi connectivity index (χ0n) is 26.1. The van der Waals surface area contributed by atoms with Crippen molar-refractivity contribution in [3.63, 3.8) is 0 Å². The monoisotopic (exact) mass is 587 g/mol. The van der Waals surface area contributed by atoms with Gasteiger partial charge in [-0.1, -0.05) is 30.5 Å². The Hall–Kier alpha value is -2.40. The molecule has 0 radical (unpaired) electrons. The van der Waals surface area contributed by atoms with E-state index in [4.69, 9.17) is 16.0 Å². The molecule has 2 fully saturated rings.